The van der Waals surface area contributed by atoms with Gasteiger partial charge in [-0.2, -0.15) is 13.2 Å². The van der Waals surface area contributed by atoms with Gasteiger partial charge in [-0.05, 0) is 36.6 Å². The Labute approximate surface area is 123 Å². The van der Waals surface area contributed by atoms with Crippen molar-refractivity contribution in [2.75, 3.05) is 11.6 Å². The second-order valence-corrected chi connectivity index (χ2v) is 5.00. The third-order valence-electron chi connectivity index (χ3n) is 2.64. The van der Waals surface area contributed by atoms with Crippen LogP contribution in [0.5, 0.6) is 0 Å². The van der Waals surface area contributed by atoms with Crippen LogP contribution >= 0.6 is 11.8 Å². The van der Waals surface area contributed by atoms with Crippen LogP contribution in [0.2, 0.25) is 0 Å². The number of anilines is 1. The first kappa shape index (κ1) is 15.4. The number of carbonyl (C=O) groups is 1. The molecule has 1 amide bonds. The summed E-state index contributed by atoms with van der Waals surface area (Å²) in [6.45, 7) is 0. The van der Waals surface area contributed by atoms with Crippen LogP contribution < -0.4 is 5.32 Å². The second-order valence-electron chi connectivity index (χ2n) is 4.12. The Balaban J connectivity index is 2.13. The highest BCUT2D eigenvalue weighted by Crippen LogP contribution is 2.27. The van der Waals surface area contributed by atoms with Crippen LogP contribution in [0.1, 0.15) is 16.1 Å². The lowest BCUT2D eigenvalue weighted by Gasteiger charge is -2.08. The zero-order valence-electron chi connectivity index (χ0n) is 10.9. The largest absolute Gasteiger partial charge is 0.433 e. The summed E-state index contributed by atoms with van der Waals surface area (Å²) >= 11 is 1.52. The zero-order chi connectivity index (χ0) is 15.5. The Kier molecular flexibility index (Phi) is 4.52. The molecule has 1 N–H and O–H groups in total. The van der Waals surface area contributed by atoms with Crippen molar-refractivity contribution >= 4 is 23.4 Å². The number of nitrogens with one attached hydrogen (secondary N) is 1. The molecule has 0 aliphatic heterocycles. The van der Waals surface area contributed by atoms with Crippen molar-refractivity contribution in [3.8, 4) is 0 Å². The normalized spacial score (nSPS) is 11.2. The number of halogens is 3. The van der Waals surface area contributed by atoms with Gasteiger partial charge >= 0.3 is 6.18 Å². The van der Waals surface area contributed by atoms with E-state index in [-0.39, 0.29) is 5.56 Å². The number of pyridine rings is 1. The Morgan fingerprint density at radius 3 is 2.57 bits per heavy atom. The van der Waals surface area contributed by atoms with Gasteiger partial charge in [0.15, 0.2) is 0 Å². The molecule has 0 radical (unpaired) electrons. The number of aromatic nitrogens is 1. The molecule has 7 heteroatoms. The van der Waals surface area contributed by atoms with Crippen LogP contribution in [0.15, 0.2) is 47.5 Å². The van der Waals surface area contributed by atoms with Gasteiger partial charge in [0.25, 0.3) is 5.91 Å². The van der Waals surface area contributed by atoms with Crippen LogP contribution in [0, 0.1) is 0 Å². The summed E-state index contributed by atoms with van der Waals surface area (Å²) in [5.41, 5.74) is -0.382. The van der Waals surface area contributed by atoms with E-state index in [4.69, 9.17) is 0 Å². The molecule has 21 heavy (non-hydrogen) atoms. The van der Waals surface area contributed by atoms with Crippen LogP contribution in [0.3, 0.4) is 0 Å². The number of hydrogen-bond acceptors (Lipinski definition) is 3. The summed E-state index contributed by atoms with van der Waals surface area (Å²) in [4.78, 5) is 16.2. The van der Waals surface area contributed by atoms with Crippen molar-refractivity contribution < 1.29 is 18.0 Å². The van der Waals surface area contributed by atoms with Gasteiger partial charge in [-0.1, -0.05) is 6.07 Å². The van der Waals surface area contributed by atoms with Gasteiger partial charge in [0, 0.05) is 16.8 Å². The van der Waals surface area contributed by atoms with Gasteiger partial charge in [-0.25, -0.2) is 0 Å². The molecule has 0 spiro atoms. The fraction of sp³-hybridized carbons (Fsp3) is 0.143. The van der Waals surface area contributed by atoms with E-state index >= 15 is 0 Å². The second kappa shape index (κ2) is 6.17. The molecule has 0 fully saturated rings. The quantitative estimate of drug-likeness (QED) is 0.869. The number of hydrogen-bond donors (Lipinski definition) is 1. The minimum absolute atomic E-state index is 0.0672. The van der Waals surface area contributed by atoms with Crippen LogP contribution in [-0.2, 0) is 6.18 Å². The fourth-order valence-corrected chi connectivity index (χ4v) is 2.06. The Morgan fingerprint density at radius 1 is 1.24 bits per heavy atom. The van der Waals surface area contributed by atoms with Crippen LogP contribution in [-0.4, -0.2) is 17.1 Å². The zero-order valence-corrected chi connectivity index (χ0v) is 11.8. The van der Waals surface area contributed by atoms with Crippen LogP contribution in [0.25, 0.3) is 0 Å². The molecule has 0 unspecified atom stereocenters. The highest BCUT2D eigenvalue weighted by atomic mass is 32.2. The number of nitrogens with zero attached hydrogens (tertiary/aromatic N) is 1. The van der Waals surface area contributed by atoms with Gasteiger partial charge in [-0.15, -0.1) is 11.8 Å². The first-order valence-electron chi connectivity index (χ1n) is 5.89. The molecule has 0 saturated heterocycles. The molecule has 0 bridgehead atoms. The maximum absolute atomic E-state index is 12.4. The van der Waals surface area contributed by atoms with Crippen molar-refractivity contribution in [1.29, 1.82) is 0 Å². The number of rotatable bonds is 3. The molecule has 1 heterocycles. The topological polar surface area (TPSA) is 42.0 Å². The molecule has 2 aromatic rings. The molecule has 110 valence electrons. The summed E-state index contributed by atoms with van der Waals surface area (Å²) in [7, 11) is 0. The van der Waals surface area contributed by atoms with Crippen molar-refractivity contribution in [3.63, 3.8) is 0 Å². The van der Waals surface area contributed by atoms with E-state index in [9.17, 15) is 18.0 Å². The molecule has 1 aromatic carbocycles. The van der Waals surface area contributed by atoms with Gasteiger partial charge in [-0.3, -0.25) is 9.78 Å². The van der Waals surface area contributed by atoms with Crippen molar-refractivity contribution in [2.45, 2.75) is 11.1 Å². The van der Waals surface area contributed by atoms with E-state index in [0.29, 0.717) is 5.69 Å². The molecule has 0 atom stereocenters. The molecule has 2 rings (SSSR count). The van der Waals surface area contributed by atoms with Crippen molar-refractivity contribution in [2.24, 2.45) is 0 Å². The standard InChI is InChI=1S/C14H11F3N2OS/c1-21-11-4-2-3-10(7-11)19-13(20)9-5-6-12(18-8-9)14(15,16)17/h2-8H,1H3,(H,19,20). The molecule has 3 nitrogen and oxygen atoms in total. The Morgan fingerprint density at radius 2 is 2.00 bits per heavy atom. The van der Waals surface area contributed by atoms with Gasteiger partial charge in [0.05, 0.1) is 5.56 Å². The lowest BCUT2D eigenvalue weighted by Crippen LogP contribution is -2.14. The van der Waals surface area contributed by atoms with Crippen molar-refractivity contribution in [3.05, 3.63) is 53.9 Å². The van der Waals surface area contributed by atoms with Crippen LogP contribution in [0.4, 0.5) is 18.9 Å². The van der Waals surface area contributed by atoms with Gasteiger partial charge in [0.1, 0.15) is 5.69 Å². The SMILES string of the molecule is CSc1cccc(NC(=O)c2ccc(C(F)(F)F)nc2)c1. The number of benzene rings is 1. The Hall–Kier alpha value is -2.02. The molecule has 1 aromatic heterocycles. The third kappa shape index (κ3) is 3.98. The van der Waals surface area contributed by atoms with E-state index < -0.39 is 17.8 Å². The summed E-state index contributed by atoms with van der Waals surface area (Å²) in [6, 6.07) is 9.04. The minimum Gasteiger partial charge on any atom is -0.322 e. The fourth-order valence-electron chi connectivity index (χ4n) is 1.60. The monoisotopic (exact) mass is 312 g/mol. The molecular formula is C14H11F3N2OS. The minimum atomic E-state index is -4.51. The number of amides is 1. The van der Waals surface area contributed by atoms with Crippen molar-refractivity contribution in [1.82, 2.24) is 4.98 Å². The van der Waals surface area contributed by atoms with Gasteiger partial charge < -0.3 is 5.32 Å². The third-order valence-corrected chi connectivity index (χ3v) is 3.37. The van der Waals surface area contributed by atoms with E-state index in [1.807, 2.05) is 12.3 Å². The molecule has 0 aliphatic rings. The summed E-state index contributed by atoms with van der Waals surface area (Å²) in [5, 5.41) is 2.62. The summed E-state index contributed by atoms with van der Waals surface area (Å²) in [5.74, 6) is -0.505. The lowest BCUT2D eigenvalue weighted by atomic mass is 10.2. The summed E-state index contributed by atoms with van der Waals surface area (Å²) in [6.07, 6.45) is -1.70. The predicted octanol–water partition coefficient (Wildman–Crippen LogP) is 4.07. The highest BCUT2D eigenvalue weighted by Gasteiger charge is 2.32. The van der Waals surface area contributed by atoms with E-state index in [1.165, 1.54) is 11.8 Å². The summed E-state index contributed by atoms with van der Waals surface area (Å²) < 4.78 is 37.2. The maximum atomic E-state index is 12.4. The Bertz CT molecular complexity index is 641. The van der Waals surface area contributed by atoms with E-state index in [2.05, 4.69) is 10.3 Å². The first-order chi connectivity index (χ1) is 9.90. The number of thioether (sulfide) groups is 1. The van der Waals surface area contributed by atoms with Gasteiger partial charge in [0.2, 0.25) is 0 Å². The average molecular weight is 312 g/mol. The smallest absolute Gasteiger partial charge is 0.322 e. The maximum Gasteiger partial charge on any atom is 0.433 e. The molecule has 0 saturated carbocycles. The molecule has 0 aliphatic carbocycles. The lowest BCUT2D eigenvalue weighted by molar-refractivity contribution is -0.141. The predicted molar refractivity (Wildman–Crippen MR) is 75.4 cm³/mol. The highest BCUT2D eigenvalue weighted by molar-refractivity contribution is 7.98. The molecular weight excluding hydrogens is 301 g/mol. The number of carbonyl (C=O) groups excluding carboxylic acids is 1. The number of alkyl halides is 3. The van der Waals surface area contributed by atoms with E-state index in [0.717, 1.165) is 23.2 Å². The van der Waals surface area contributed by atoms with E-state index in [1.54, 1.807) is 18.2 Å². The first-order valence-corrected chi connectivity index (χ1v) is 7.11. The average Bonchev–Trinajstić information content (AvgIpc) is 2.46.